The molecule has 3 aromatic heterocycles. The molecule has 14 N–H and O–H groups in total. The molecule has 3 heterocycles. The summed E-state index contributed by atoms with van der Waals surface area (Å²) in [6, 6.07) is 57.2. The third-order valence-corrected chi connectivity index (χ3v) is 25.5. The molecule has 0 aliphatic rings. The summed E-state index contributed by atoms with van der Waals surface area (Å²) in [5, 5.41) is 5.08. The molecular weight excluding hydrogens is 1750 g/mol. The van der Waals surface area contributed by atoms with E-state index in [1.54, 1.807) is 76.6 Å². The Morgan fingerprint density at radius 3 is 0.855 bits per heavy atom. The van der Waals surface area contributed by atoms with Crippen LogP contribution in [0.3, 0.4) is 0 Å². The highest BCUT2D eigenvalue weighted by Gasteiger charge is 2.38. The van der Waals surface area contributed by atoms with Gasteiger partial charge in [-0.05, 0) is 176 Å². The maximum atomic E-state index is 16.0. The van der Waals surface area contributed by atoms with Gasteiger partial charge in [0.2, 0.25) is 70.9 Å². The molecule has 0 aliphatic heterocycles. The maximum Gasteiger partial charge on any atom is 0.243 e. The quantitative estimate of drug-likeness (QED) is 0.0162. The average Bonchev–Trinajstić information content (AvgIpc) is 0.917. The fourth-order valence-electron chi connectivity index (χ4n) is 17.1. The van der Waals surface area contributed by atoms with Crippen LogP contribution >= 0.6 is 0 Å². The summed E-state index contributed by atoms with van der Waals surface area (Å²) in [4.78, 5) is 212. The highest BCUT2D eigenvalue weighted by Crippen LogP contribution is 2.30. The Balaban J connectivity index is 0.909. The monoisotopic (exact) mass is 1890 g/mol. The number of para-hydroxylation sites is 2. The van der Waals surface area contributed by atoms with Gasteiger partial charge >= 0.3 is 0 Å². The predicted molar refractivity (Wildman–Crippen MR) is 534 cm³/mol. The highest BCUT2D eigenvalue weighted by molar-refractivity contribution is 5.96. The average molecular weight is 1890 g/mol. The van der Waals surface area contributed by atoms with E-state index in [-0.39, 0.29) is 77.9 Å². The van der Waals surface area contributed by atoms with Gasteiger partial charge in [-0.1, -0.05) is 188 Å². The van der Waals surface area contributed by atoms with Gasteiger partial charge in [0.25, 0.3) is 0 Å². The molecule has 0 saturated heterocycles. The normalized spacial score (nSPS) is 12.3. The molecule has 0 unspecified atom stereocenters. The van der Waals surface area contributed by atoms with E-state index >= 15 is 43.2 Å². The second-order valence-electron chi connectivity index (χ2n) is 35.1. The number of nitrogens with two attached hydrogens (primary N) is 5. The van der Waals surface area contributed by atoms with Crippen LogP contribution in [0.2, 0.25) is 0 Å². The van der Waals surface area contributed by atoms with Gasteiger partial charge in [0.1, 0.15) is 32.7 Å². The lowest BCUT2D eigenvalue weighted by Crippen LogP contribution is -2.53. The number of nitrogens with zero attached hydrogens (tertiary/aromatic N) is 12. The fraction of sp³-hybridized carbons (Fsp3) is 0.419. The number of carbonyl (C=O) groups is 12. The summed E-state index contributed by atoms with van der Waals surface area (Å²) in [6.07, 6.45) is 11.4. The lowest BCUT2D eigenvalue weighted by molar-refractivity contribution is -0.151. The molecule has 0 spiro atoms. The molecule has 10 rings (SSSR count). The first-order valence-electron chi connectivity index (χ1n) is 48.0. The Bertz CT molecular complexity index is 5520. The van der Waals surface area contributed by atoms with Gasteiger partial charge in [0.05, 0.1) is 88.0 Å². The van der Waals surface area contributed by atoms with E-state index in [0.29, 0.717) is 99.4 Å². The number of aromatic nitrogens is 4. The number of fused-ring (bicyclic) bond motifs is 2. The van der Waals surface area contributed by atoms with Gasteiger partial charge in [0.15, 0.2) is 0 Å². The third-order valence-electron chi connectivity index (χ3n) is 25.5. The zero-order chi connectivity index (χ0) is 98.8. The van der Waals surface area contributed by atoms with Crippen LogP contribution in [0.1, 0.15) is 161 Å². The van der Waals surface area contributed by atoms with Crippen molar-refractivity contribution in [3.8, 4) is 0 Å². The van der Waals surface area contributed by atoms with Crippen molar-refractivity contribution in [2.45, 2.75) is 135 Å². The predicted octanol–water partition coefficient (Wildman–Crippen LogP) is 8.35. The summed E-state index contributed by atoms with van der Waals surface area (Å²) < 4.78 is 0. The Kier molecular flexibility index (Phi) is 42.7. The second kappa shape index (κ2) is 55.5. The summed E-state index contributed by atoms with van der Waals surface area (Å²) in [5.74, 6) is -7.26. The van der Waals surface area contributed by atoms with E-state index in [9.17, 15) is 14.4 Å². The van der Waals surface area contributed by atoms with Crippen molar-refractivity contribution < 1.29 is 57.5 Å². The molecule has 7 aromatic carbocycles. The topological polar surface area (TPSA) is 443 Å². The summed E-state index contributed by atoms with van der Waals surface area (Å²) in [7, 11) is 0. The molecule has 0 radical (unpaired) electrons. The van der Waals surface area contributed by atoms with Gasteiger partial charge in [-0.15, -0.1) is 0 Å². The third kappa shape index (κ3) is 31.7. The lowest BCUT2D eigenvalue weighted by atomic mass is 10.0. The Labute approximate surface area is 809 Å². The molecule has 10 aromatic rings. The van der Waals surface area contributed by atoms with Crippen LogP contribution in [0.4, 0.5) is 0 Å². The number of rotatable bonds is 59. The smallest absolute Gasteiger partial charge is 0.243 e. The van der Waals surface area contributed by atoms with Gasteiger partial charge < -0.3 is 103 Å². The van der Waals surface area contributed by atoms with Gasteiger partial charge in [-0.25, -0.2) is 4.98 Å². The van der Waals surface area contributed by atoms with E-state index in [0.717, 1.165) is 44.2 Å². The molecule has 736 valence electrons. The number of unbranched alkanes of at least 4 members (excludes halogenated alkanes) is 4. The standard InChI is InChI=1S/C105H139N21O12/c1-77(82-33-11-6-12-34-82)122(95(128)64-111-54-47-89-63-112-76-115-89)74-104(137)124(79(3)84-37-15-8-16-38-84)73-101(134)119(58-32-28-53-109)70-103(136)126(81(5)86-41-19-10-20-42-86)75-105(138)125(80(4)85-39-17-9-18-40-85)72-100(133)116(55-29-25-50-106)66-96(129)118(57-31-27-52-108)69-102(135)123(78(2)83-35-13-7-14-36-83)71-99(132)117(56-30-26-51-107)67-98(131)121(60-49-88-62-114-93-46-24-22-44-91(88)93)68-97(130)120(65-94(110)127)59-48-87-61-113-92-45-23-21-43-90(87)92/h6-24,33-46,61-63,76-81,111,113-114H,25-32,47-60,64-75,106-109H2,1-5H3,(H2,110,127)(H,112,115)/t77-,78-,79-,80-,81-/m0/s1. The molecule has 5 atom stereocenters. The van der Waals surface area contributed by atoms with Crippen molar-refractivity contribution in [1.29, 1.82) is 0 Å². The largest absolute Gasteiger partial charge is 0.368 e. The van der Waals surface area contributed by atoms with Crippen molar-refractivity contribution in [3.05, 3.63) is 270 Å². The number of aromatic amines is 3. The summed E-state index contributed by atoms with van der Waals surface area (Å²) in [6.45, 7) is 4.46. The number of nitrogens with one attached hydrogen (secondary N) is 4. The number of carbonyl (C=O) groups excluding carboxylic acids is 12. The van der Waals surface area contributed by atoms with E-state index in [1.807, 2.05) is 183 Å². The van der Waals surface area contributed by atoms with Crippen molar-refractivity contribution in [2.75, 3.05) is 151 Å². The van der Waals surface area contributed by atoms with Crippen molar-refractivity contribution in [3.63, 3.8) is 0 Å². The molecule has 138 heavy (non-hydrogen) atoms. The SMILES string of the molecule is C[C@@H](c1ccccc1)N(CC(=O)N(CCCCN)CC(=O)N(CCc1c[nH]c2ccccc12)CC(=O)N(CCc1c[nH]c2ccccc12)CC(N)=O)C(=O)CN(CCCCN)C(=O)CN(CCCCN)C(=O)CN(C(=O)CN(C(=O)CN(CCCCN)C(=O)CN(C(=O)CN(C(=O)CNCCc1c[nH]cn1)[C@@H](C)c1ccccc1)[C@@H](C)c1ccccc1)[C@@H](C)c1ccccc1)[C@@H](C)c1ccccc1. The van der Waals surface area contributed by atoms with E-state index in [2.05, 4.69) is 25.3 Å². The van der Waals surface area contributed by atoms with Gasteiger partial charge in [-0.3, -0.25) is 57.5 Å². The van der Waals surface area contributed by atoms with Crippen LogP contribution in [0.15, 0.2) is 225 Å². The van der Waals surface area contributed by atoms with Crippen molar-refractivity contribution in [1.82, 2.24) is 79.2 Å². The number of hydrogen-bond acceptors (Lipinski definition) is 18. The first-order valence-corrected chi connectivity index (χ1v) is 48.0. The number of imidazole rings is 1. The van der Waals surface area contributed by atoms with Crippen LogP contribution in [-0.2, 0) is 76.8 Å². The molecule has 0 saturated carbocycles. The molecule has 12 amide bonds. The van der Waals surface area contributed by atoms with Crippen LogP contribution in [0.25, 0.3) is 21.8 Å². The zero-order valence-electron chi connectivity index (χ0n) is 80.4. The van der Waals surface area contributed by atoms with Crippen LogP contribution < -0.4 is 34.0 Å². The molecule has 0 aliphatic carbocycles. The zero-order valence-corrected chi connectivity index (χ0v) is 80.4. The molecule has 33 heteroatoms. The number of hydrogen-bond donors (Lipinski definition) is 9. The van der Waals surface area contributed by atoms with E-state index < -0.39 is 167 Å². The van der Waals surface area contributed by atoms with E-state index in [4.69, 9.17) is 28.7 Å². The first-order chi connectivity index (χ1) is 66.8. The molecule has 0 fully saturated rings. The Hall–Kier alpha value is -13.7. The Morgan fingerprint density at radius 1 is 0.297 bits per heavy atom. The Morgan fingerprint density at radius 2 is 0.558 bits per heavy atom. The number of H-pyrrole nitrogens is 3. The molecular formula is C105H139N21O12. The van der Waals surface area contributed by atoms with Crippen LogP contribution in [0.5, 0.6) is 0 Å². The highest BCUT2D eigenvalue weighted by atomic mass is 16.2. The number of primary amides is 1. The summed E-state index contributed by atoms with van der Waals surface area (Å²) >= 11 is 0. The minimum absolute atomic E-state index is 0.0121. The first kappa shape index (κ1) is 106. The minimum atomic E-state index is -0.847. The van der Waals surface area contributed by atoms with E-state index in [1.165, 1.54) is 53.9 Å². The fourth-order valence-corrected chi connectivity index (χ4v) is 17.1. The summed E-state index contributed by atoms with van der Waals surface area (Å²) in [5.41, 5.74) is 38.0. The number of benzene rings is 7. The molecule has 0 bridgehead atoms. The molecule has 33 nitrogen and oxygen atoms in total. The van der Waals surface area contributed by atoms with Crippen LogP contribution in [-0.4, -0.2) is 295 Å². The minimum Gasteiger partial charge on any atom is -0.368 e. The second-order valence-corrected chi connectivity index (χ2v) is 35.1. The maximum absolute atomic E-state index is 16.0. The van der Waals surface area contributed by atoms with Crippen molar-refractivity contribution in [2.24, 2.45) is 28.7 Å². The number of amides is 12. The van der Waals surface area contributed by atoms with Crippen molar-refractivity contribution >= 4 is 92.7 Å². The van der Waals surface area contributed by atoms with Gasteiger partial charge in [0, 0.05) is 92.6 Å². The van der Waals surface area contributed by atoms with Gasteiger partial charge in [-0.2, -0.15) is 0 Å². The lowest BCUT2D eigenvalue weighted by Gasteiger charge is -2.37. The van der Waals surface area contributed by atoms with Crippen LogP contribution in [0, 0.1) is 0 Å².